The lowest BCUT2D eigenvalue weighted by Crippen LogP contribution is -2.22. The van der Waals surface area contributed by atoms with Gasteiger partial charge in [0.2, 0.25) is 5.82 Å². The highest BCUT2D eigenvalue weighted by Crippen LogP contribution is 2.09. The van der Waals surface area contributed by atoms with Gasteiger partial charge < -0.3 is 10.1 Å². The average molecular weight is 223 g/mol. The molecular formula is C11H17N3O2. The number of carbonyl (C=O) groups excluding carboxylic acids is 1. The molecule has 88 valence electrons. The van der Waals surface area contributed by atoms with Crippen molar-refractivity contribution >= 4 is 11.8 Å². The number of carbonyl (C=O) groups is 1. The molecule has 0 saturated heterocycles. The van der Waals surface area contributed by atoms with Gasteiger partial charge >= 0.3 is 5.97 Å². The molecule has 0 aromatic carbocycles. The van der Waals surface area contributed by atoms with Gasteiger partial charge in [0, 0.05) is 12.2 Å². The number of aromatic nitrogens is 2. The molecule has 1 aromatic heterocycles. The molecule has 5 heteroatoms. The Balaban J connectivity index is 2.78. The lowest BCUT2D eigenvalue weighted by molar-refractivity contribution is 0.0587. The van der Waals surface area contributed by atoms with Crippen molar-refractivity contribution in [3.8, 4) is 0 Å². The number of ether oxygens (including phenoxy) is 1. The number of hydrogen-bond donors (Lipinski definition) is 1. The SMILES string of the molecule is COC(=O)c1nccc(NC(C)C(C)C)n1. The number of nitrogens with zero attached hydrogens (tertiary/aromatic N) is 2. The van der Waals surface area contributed by atoms with E-state index in [9.17, 15) is 4.79 Å². The van der Waals surface area contributed by atoms with E-state index in [0.29, 0.717) is 11.7 Å². The van der Waals surface area contributed by atoms with Gasteiger partial charge in [-0.15, -0.1) is 0 Å². The third-order valence-electron chi connectivity index (χ3n) is 2.40. The summed E-state index contributed by atoms with van der Waals surface area (Å²) in [6, 6.07) is 2.01. The van der Waals surface area contributed by atoms with E-state index in [1.807, 2.05) is 0 Å². The Bertz CT molecular complexity index is 366. The molecule has 0 spiro atoms. The molecule has 1 unspecified atom stereocenters. The molecule has 1 N–H and O–H groups in total. The second-order valence-corrected chi connectivity index (χ2v) is 3.93. The monoisotopic (exact) mass is 223 g/mol. The van der Waals surface area contributed by atoms with E-state index in [2.05, 4.69) is 40.8 Å². The van der Waals surface area contributed by atoms with E-state index in [4.69, 9.17) is 0 Å². The summed E-state index contributed by atoms with van der Waals surface area (Å²) in [7, 11) is 1.31. The van der Waals surface area contributed by atoms with Crippen LogP contribution in [0.15, 0.2) is 12.3 Å². The van der Waals surface area contributed by atoms with Crippen LogP contribution in [0.1, 0.15) is 31.4 Å². The highest BCUT2D eigenvalue weighted by molar-refractivity contribution is 5.85. The summed E-state index contributed by atoms with van der Waals surface area (Å²) in [5.41, 5.74) is 0. The third kappa shape index (κ3) is 3.18. The second kappa shape index (κ2) is 5.44. The molecule has 0 aliphatic heterocycles. The van der Waals surface area contributed by atoms with Gasteiger partial charge in [0.1, 0.15) is 5.82 Å². The fraction of sp³-hybridized carbons (Fsp3) is 0.545. The highest BCUT2D eigenvalue weighted by Gasteiger charge is 2.11. The fourth-order valence-electron chi connectivity index (χ4n) is 1.03. The summed E-state index contributed by atoms with van der Waals surface area (Å²) in [5.74, 6) is 0.664. The summed E-state index contributed by atoms with van der Waals surface area (Å²) >= 11 is 0. The third-order valence-corrected chi connectivity index (χ3v) is 2.40. The van der Waals surface area contributed by atoms with Crippen LogP contribution in [0, 0.1) is 5.92 Å². The first kappa shape index (κ1) is 12.4. The van der Waals surface area contributed by atoms with E-state index >= 15 is 0 Å². The van der Waals surface area contributed by atoms with Crippen LogP contribution in [0.5, 0.6) is 0 Å². The first-order valence-corrected chi connectivity index (χ1v) is 5.22. The van der Waals surface area contributed by atoms with Gasteiger partial charge in [0.15, 0.2) is 0 Å². The molecule has 16 heavy (non-hydrogen) atoms. The Hall–Kier alpha value is -1.65. The maximum absolute atomic E-state index is 11.2. The van der Waals surface area contributed by atoms with Crippen LogP contribution in [0.2, 0.25) is 0 Å². The van der Waals surface area contributed by atoms with Crippen molar-refractivity contribution in [1.29, 1.82) is 0 Å². The van der Waals surface area contributed by atoms with E-state index in [0.717, 1.165) is 0 Å². The summed E-state index contributed by atoms with van der Waals surface area (Å²) in [6.07, 6.45) is 1.54. The zero-order valence-corrected chi connectivity index (χ0v) is 10.0. The molecule has 0 amide bonds. The van der Waals surface area contributed by atoms with Crippen molar-refractivity contribution in [2.24, 2.45) is 5.92 Å². The maximum Gasteiger partial charge on any atom is 0.376 e. The van der Waals surface area contributed by atoms with Gasteiger partial charge in [-0.2, -0.15) is 0 Å². The minimum atomic E-state index is -0.527. The van der Waals surface area contributed by atoms with Crippen LogP contribution in [0.25, 0.3) is 0 Å². The topological polar surface area (TPSA) is 64.1 Å². The van der Waals surface area contributed by atoms with Crippen molar-refractivity contribution in [1.82, 2.24) is 9.97 Å². The molecule has 1 aromatic rings. The quantitative estimate of drug-likeness (QED) is 0.787. The Morgan fingerprint density at radius 2 is 2.12 bits per heavy atom. The maximum atomic E-state index is 11.2. The molecule has 0 bridgehead atoms. The van der Waals surface area contributed by atoms with Crippen molar-refractivity contribution in [2.75, 3.05) is 12.4 Å². The number of hydrogen-bond acceptors (Lipinski definition) is 5. The molecule has 0 aliphatic carbocycles. The van der Waals surface area contributed by atoms with Gasteiger partial charge in [-0.25, -0.2) is 14.8 Å². The lowest BCUT2D eigenvalue weighted by atomic mass is 10.1. The number of esters is 1. The first-order chi connectivity index (χ1) is 7.54. The Morgan fingerprint density at radius 1 is 1.44 bits per heavy atom. The Kier molecular flexibility index (Phi) is 4.22. The predicted molar refractivity (Wildman–Crippen MR) is 61.3 cm³/mol. The van der Waals surface area contributed by atoms with Gasteiger partial charge in [0.25, 0.3) is 0 Å². The van der Waals surface area contributed by atoms with Crippen molar-refractivity contribution < 1.29 is 9.53 Å². The van der Waals surface area contributed by atoms with Gasteiger partial charge in [-0.05, 0) is 18.9 Å². The van der Waals surface area contributed by atoms with Crippen molar-refractivity contribution in [3.63, 3.8) is 0 Å². The molecule has 0 fully saturated rings. The van der Waals surface area contributed by atoms with Crippen molar-refractivity contribution in [2.45, 2.75) is 26.8 Å². The Morgan fingerprint density at radius 3 is 2.69 bits per heavy atom. The molecule has 1 atom stereocenters. The first-order valence-electron chi connectivity index (χ1n) is 5.22. The molecular weight excluding hydrogens is 206 g/mol. The minimum Gasteiger partial charge on any atom is -0.463 e. The lowest BCUT2D eigenvalue weighted by Gasteiger charge is -2.17. The summed E-state index contributed by atoms with van der Waals surface area (Å²) in [4.78, 5) is 19.1. The van der Waals surface area contributed by atoms with Crippen LogP contribution in [-0.2, 0) is 4.74 Å². The summed E-state index contributed by atoms with van der Waals surface area (Å²) in [6.45, 7) is 6.28. The van der Waals surface area contributed by atoms with Gasteiger partial charge in [-0.3, -0.25) is 0 Å². The highest BCUT2D eigenvalue weighted by atomic mass is 16.5. The molecule has 0 radical (unpaired) electrons. The van der Waals surface area contributed by atoms with Crippen LogP contribution in [0.4, 0.5) is 5.82 Å². The zero-order chi connectivity index (χ0) is 12.1. The second-order valence-electron chi connectivity index (χ2n) is 3.93. The number of anilines is 1. The molecule has 0 aliphatic rings. The average Bonchev–Trinajstić information content (AvgIpc) is 2.28. The fourth-order valence-corrected chi connectivity index (χ4v) is 1.03. The van der Waals surface area contributed by atoms with Crippen LogP contribution in [0.3, 0.4) is 0 Å². The minimum absolute atomic E-state index is 0.0726. The number of methoxy groups -OCH3 is 1. The normalized spacial score (nSPS) is 12.3. The predicted octanol–water partition coefficient (Wildman–Crippen LogP) is 1.72. The summed E-state index contributed by atoms with van der Waals surface area (Å²) < 4.78 is 4.55. The number of rotatable bonds is 4. The molecule has 1 heterocycles. The zero-order valence-electron chi connectivity index (χ0n) is 10.0. The Labute approximate surface area is 95.3 Å². The number of nitrogens with one attached hydrogen (secondary N) is 1. The largest absolute Gasteiger partial charge is 0.463 e. The van der Waals surface area contributed by atoms with E-state index in [1.165, 1.54) is 13.3 Å². The van der Waals surface area contributed by atoms with E-state index < -0.39 is 5.97 Å². The van der Waals surface area contributed by atoms with Crippen molar-refractivity contribution in [3.05, 3.63) is 18.1 Å². The van der Waals surface area contributed by atoms with Gasteiger partial charge in [-0.1, -0.05) is 13.8 Å². The van der Waals surface area contributed by atoms with Crippen LogP contribution in [-0.4, -0.2) is 29.1 Å². The summed E-state index contributed by atoms with van der Waals surface area (Å²) in [5, 5.41) is 3.20. The van der Waals surface area contributed by atoms with Gasteiger partial charge in [0.05, 0.1) is 7.11 Å². The standard InChI is InChI=1S/C11H17N3O2/c1-7(2)8(3)13-9-5-6-12-10(14-9)11(15)16-4/h5-8H,1-4H3,(H,12,13,14). The smallest absolute Gasteiger partial charge is 0.376 e. The van der Waals surface area contributed by atoms with E-state index in [-0.39, 0.29) is 11.9 Å². The molecule has 1 rings (SSSR count). The molecule has 0 saturated carbocycles. The molecule has 5 nitrogen and oxygen atoms in total. The van der Waals surface area contributed by atoms with Crippen LogP contribution < -0.4 is 5.32 Å². The van der Waals surface area contributed by atoms with E-state index in [1.54, 1.807) is 6.07 Å². The van der Waals surface area contributed by atoms with Crippen LogP contribution >= 0.6 is 0 Å².